The molecule has 0 amide bonds. The highest BCUT2D eigenvalue weighted by molar-refractivity contribution is 6.62. The van der Waals surface area contributed by atoms with Crippen LogP contribution in [0.2, 0.25) is 0 Å². The summed E-state index contributed by atoms with van der Waals surface area (Å²) in [4.78, 5) is 4.31. The monoisotopic (exact) mass is 312 g/mol. The maximum Gasteiger partial charge on any atom is 0.494 e. The van der Waals surface area contributed by atoms with Crippen molar-refractivity contribution >= 4 is 18.2 Å². The van der Waals surface area contributed by atoms with E-state index in [0.717, 1.165) is 16.6 Å². The van der Waals surface area contributed by atoms with Crippen molar-refractivity contribution in [3.8, 4) is 11.4 Å². The van der Waals surface area contributed by atoms with Crippen LogP contribution in [0.3, 0.4) is 0 Å². The molecule has 23 heavy (non-hydrogen) atoms. The van der Waals surface area contributed by atoms with E-state index in [-0.39, 0.29) is 18.3 Å². The van der Waals surface area contributed by atoms with E-state index in [9.17, 15) is 0 Å². The van der Waals surface area contributed by atoms with Gasteiger partial charge in [-0.3, -0.25) is 0 Å². The van der Waals surface area contributed by atoms with E-state index in [4.69, 9.17) is 13.8 Å². The summed E-state index contributed by atoms with van der Waals surface area (Å²) in [7, 11) is -0.370. The van der Waals surface area contributed by atoms with Crippen molar-refractivity contribution in [3.05, 3.63) is 36.7 Å². The molecule has 0 atom stereocenters. The maximum absolute atomic E-state index is 6.05. The smallest absolute Gasteiger partial charge is 0.399 e. The van der Waals surface area contributed by atoms with E-state index in [1.54, 1.807) is 0 Å². The van der Waals surface area contributed by atoms with Crippen molar-refractivity contribution in [2.45, 2.75) is 45.8 Å². The average molecular weight is 312 g/mol. The summed E-state index contributed by atoms with van der Waals surface area (Å²) < 4.78 is 17.3. The van der Waals surface area contributed by atoms with Crippen LogP contribution in [0.5, 0.6) is 0 Å². The minimum absolute atomic E-state index is 0.347. The molecule has 1 saturated heterocycles. The second-order valence-electron chi connectivity index (χ2n) is 6.91. The second-order valence-corrected chi connectivity index (χ2v) is 6.91. The molecule has 1 aliphatic heterocycles. The Balaban J connectivity index is 1.81. The fourth-order valence-electron chi connectivity index (χ4n) is 2.28. The van der Waals surface area contributed by atoms with Gasteiger partial charge < -0.3 is 13.8 Å². The SMILES string of the molecule is C=C(C)c1nc(-c2ccc(B3OC(C)(C)C(C)(C)O3)cc2)no1. The van der Waals surface area contributed by atoms with Gasteiger partial charge in [-0.05, 0) is 40.1 Å². The summed E-state index contributed by atoms with van der Waals surface area (Å²) in [5, 5.41) is 3.97. The van der Waals surface area contributed by atoms with Gasteiger partial charge in [0.15, 0.2) is 0 Å². The van der Waals surface area contributed by atoms with Crippen LogP contribution >= 0.6 is 0 Å². The van der Waals surface area contributed by atoms with Crippen molar-refractivity contribution in [3.63, 3.8) is 0 Å². The van der Waals surface area contributed by atoms with E-state index < -0.39 is 0 Å². The number of benzene rings is 1. The third kappa shape index (κ3) is 2.84. The molecule has 1 aromatic carbocycles. The lowest BCUT2D eigenvalue weighted by Gasteiger charge is -2.32. The van der Waals surface area contributed by atoms with E-state index in [2.05, 4.69) is 16.7 Å². The van der Waals surface area contributed by atoms with Crippen LogP contribution in [0.15, 0.2) is 35.4 Å². The Morgan fingerprint density at radius 3 is 2.09 bits per heavy atom. The number of rotatable bonds is 3. The van der Waals surface area contributed by atoms with Crippen LogP contribution in [0.1, 0.15) is 40.5 Å². The number of nitrogens with zero attached hydrogens (tertiary/aromatic N) is 2. The molecule has 5 nitrogen and oxygen atoms in total. The van der Waals surface area contributed by atoms with Crippen LogP contribution in [0, 0.1) is 0 Å². The van der Waals surface area contributed by atoms with Gasteiger partial charge in [0.25, 0.3) is 5.89 Å². The molecule has 0 aliphatic carbocycles. The fraction of sp³-hybridized carbons (Fsp3) is 0.412. The molecule has 0 radical (unpaired) electrons. The standard InChI is InChI=1S/C17H21BN2O3/c1-11(2)15-19-14(20-21-15)12-7-9-13(10-8-12)18-22-16(3,4)17(5,6)23-18/h7-10H,1H2,2-6H3. The Morgan fingerprint density at radius 2 is 1.61 bits per heavy atom. The zero-order valence-electron chi connectivity index (χ0n) is 14.2. The molecule has 0 bridgehead atoms. The molecule has 2 aromatic rings. The van der Waals surface area contributed by atoms with Gasteiger partial charge in [-0.1, -0.05) is 36.0 Å². The zero-order valence-corrected chi connectivity index (χ0v) is 14.2. The molecule has 0 N–H and O–H groups in total. The largest absolute Gasteiger partial charge is 0.494 e. The quantitative estimate of drug-likeness (QED) is 0.815. The third-order valence-electron chi connectivity index (χ3n) is 4.49. The van der Waals surface area contributed by atoms with Crippen LogP contribution in [0.4, 0.5) is 0 Å². The van der Waals surface area contributed by atoms with Gasteiger partial charge in [-0.25, -0.2) is 0 Å². The molecule has 1 fully saturated rings. The Hall–Kier alpha value is -1.92. The maximum atomic E-state index is 6.05. The van der Waals surface area contributed by atoms with E-state index in [1.807, 2.05) is 58.9 Å². The van der Waals surface area contributed by atoms with E-state index in [1.165, 1.54) is 0 Å². The van der Waals surface area contributed by atoms with Crippen molar-refractivity contribution in [2.24, 2.45) is 0 Å². The fourth-order valence-corrected chi connectivity index (χ4v) is 2.28. The Labute approximate surface area is 136 Å². The minimum Gasteiger partial charge on any atom is -0.399 e. The topological polar surface area (TPSA) is 57.4 Å². The Kier molecular flexibility index (Phi) is 3.69. The molecule has 1 aliphatic rings. The van der Waals surface area contributed by atoms with E-state index >= 15 is 0 Å². The van der Waals surface area contributed by atoms with Gasteiger partial charge >= 0.3 is 7.12 Å². The molecule has 120 valence electrons. The van der Waals surface area contributed by atoms with Crippen LogP contribution in [0.25, 0.3) is 17.0 Å². The summed E-state index contributed by atoms with van der Waals surface area (Å²) in [6.45, 7) is 13.8. The van der Waals surface area contributed by atoms with Gasteiger partial charge in [-0.15, -0.1) is 0 Å². The van der Waals surface area contributed by atoms with Gasteiger partial charge in [0.2, 0.25) is 5.82 Å². The molecule has 6 heteroatoms. The first-order chi connectivity index (χ1) is 10.7. The lowest BCUT2D eigenvalue weighted by molar-refractivity contribution is 0.00578. The lowest BCUT2D eigenvalue weighted by atomic mass is 9.79. The Bertz CT molecular complexity index is 719. The molecule has 3 rings (SSSR count). The van der Waals surface area contributed by atoms with Gasteiger partial charge in [0.05, 0.1) is 11.2 Å². The molecule has 0 unspecified atom stereocenters. The molecule has 0 saturated carbocycles. The number of hydrogen-bond donors (Lipinski definition) is 0. The predicted octanol–water partition coefficient (Wildman–Crippen LogP) is 3.07. The van der Waals surface area contributed by atoms with Gasteiger partial charge in [0, 0.05) is 11.1 Å². The molecule has 2 heterocycles. The van der Waals surface area contributed by atoms with Crippen LogP contribution in [-0.4, -0.2) is 28.5 Å². The summed E-state index contributed by atoms with van der Waals surface area (Å²) in [5.41, 5.74) is 1.90. The average Bonchev–Trinajstić information content (AvgIpc) is 3.03. The first-order valence-electron chi connectivity index (χ1n) is 7.65. The predicted molar refractivity (Wildman–Crippen MR) is 90.2 cm³/mol. The van der Waals surface area contributed by atoms with Crippen LogP contribution < -0.4 is 5.46 Å². The zero-order chi connectivity index (χ0) is 16.8. The first-order valence-corrected chi connectivity index (χ1v) is 7.65. The van der Waals surface area contributed by atoms with Gasteiger partial charge in [-0.2, -0.15) is 4.98 Å². The van der Waals surface area contributed by atoms with Gasteiger partial charge in [0.1, 0.15) is 0 Å². The van der Waals surface area contributed by atoms with E-state index in [0.29, 0.717) is 11.7 Å². The second kappa shape index (κ2) is 5.32. The van der Waals surface area contributed by atoms with Crippen molar-refractivity contribution in [1.29, 1.82) is 0 Å². The van der Waals surface area contributed by atoms with Crippen molar-refractivity contribution < 1.29 is 13.8 Å². The number of hydrogen-bond acceptors (Lipinski definition) is 5. The molecular formula is C17H21BN2O3. The summed E-state index contributed by atoms with van der Waals surface area (Å²) in [6.07, 6.45) is 0. The normalized spacial score (nSPS) is 19.1. The Morgan fingerprint density at radius 1 is 1.04 bits per heavy atom. The summed E-state index contributed by atoms with van der Waals surface area (Å²) in [5.74, 6) is 0.999. The minimum atomic E-state index is -0.370. The first kappa shape index (κ1) is 16.0. The lowest BCUT2D eigenvalue weighted by Crippen LogP contribution is -2.41. The highest BCUT2D eigenvalue weighted by Crippen LogP contribution is 2.36. The number of allylic oxidation sites excluding steroid dienone is 1. The highest BCUT2D eigenvalue weighted by Gasteiger charge is 2.51. The van der Waals surface area contributed by atoms with Crippen molar-refractivity contribution in [2.75, 3.05) is 0 Å². The summed E-state index contributed by atoms with van der Waals surface area (Å²) in [6, 6.07) is 7.81. The number of aromatic nitrogens is 2. The highest BCUT2D eigenvalue weighted by atomic mass is 16.7. The third-order valence-corrected chi connectivity index (χ3v) is 4.49. The van der Waals surface area contributed by atoms with Crippen LogP contribution in [-0.2, 0) is 9.31 Å². The van der Waals surface area contributed by atoms with Crippen molar-refractivity contribution in [1.82, 2.24) is 10.1 Å². The molecular weight excluding hydrogens is 291 g/mol. The molecule has 1 aromatic heterocycles. The summed E-state index contributed by atoms with van der Waals surface area (Å²) >= 11 is 0. The molecule has 0 spiro atoms.